The molecule has 1 fully saturated rings. The Hall–Kier alpha value is -2.37. The van der Waals surface area contributed by atoms with Crippen LogP contribution >= 0.6 is 0 Å². The van der Waals surface area contributed by atoms with E-state index in [1.54, 1.807) is 4.90 Å². The van der Waals surface area contributed by atoms with Crippen LogP contribution in [-0.2, 0) is 4.74 Å². The highest BCUT2D eigenvalue weighted by atomic mass is 16.5. The van der Waals surface area contributed by atoms with Crippen LogP contribution in [0.1, 0.15) is 10.4 Å². The van der Waals surface area contributed by atoms with Crippen molar-refractivity contribution in [2.45, 2.75) is 6.04 Å². The Balaban J connectivity index is 1.76. The van der Waals surface area contributed by atoms with E-state index in [4.69, 9.17) is 4.74 Å². The van der Waals surface area contributed by atoms with Gasteiger partial charge in [-0.2, -0.15) is 0 Å². The molecule has 1 N–H and O–H groups in total. The topological polar surface area (TPSA) is 53.0 Å². The number of aliphatic hydroxyl groups excluding tert-OH is 1. The van der Waals surface area contributed by atoms with E-state index in [1.807, 2.05) is 38.4 Å². The van der Waals surface area contributed by atoms with E-state index in [0.29, 0.717) is 25.3 Å². The maximum atomic E-state index is 12.7. The molecule has 2 aromatic rings. The molecule has 0 unspecified atom stereocenters. The molecule has 0 radical (unpaired) electrons. The van der Waals surface area contributed by atoms with Crippen LogP contribution in [0.4, 0.5) is 5.69 Å². The molecule has 25 heavy (non-hydrogen) atoms. The van der Waals surface area contributed by atoms with Crippen molar-refractivity contribution in [3.8, 4) is 11.1 Å². The summed E-state index contributed by atoms with van der Waals surface area (Å²) in [6, 6.07) is 15.7. The molecule has 5 heteroatoms. The molecule has 132 valence electrons. The zero-order valence-corrected chi connectivity index (χ0v) is 14.7. The fourth-order valence-corrected chi connectivity index (χ4v) is 3.00. The Morgan fingerprint density at radius 3 is 2.28 bits per heavy atom. The van der Waals surface area contributed by atoms with E-state index in [1.165, 1.54) is 0 Å². The fraction of sp³-hybridized carbons (Fsp3) is 0.350. The Labute approximate surface area is 148 Å². The number of benzene rings is 2. The van der Waals surface area contributed by atoms with Gasteiger partial charge in [0.15, 0.2) is 0 Å². The van der Waals surface area contributed by atoms with E-state index in [0.717, 1.165) is 16.8 Å². The fourth-order valence-electron chi connectivity index (χ4n) is 3.00. The number of carbonyl (C=O) groups excluding carboxylic acids is 1. The summed E-state index contributed by atoms with van der Waals surface area (Å²) in [5, 5.41) is 9.43. The van der Waals surface area contributed by atoms with Gasteiger partial charge in [-0.15, -0.1) is 0 Å². The Kier molecular flexibility index (Phi) is 5.36. The number of aliphatic hydroxyl groups is 1. The monoisotopic (exact) mass is 340 g/mol. The van der Waals surface area contributed by atoms with Crippen molar-refractivity contribution in [1.29, 1.82) is 0 Å². The SMILES string of the molecule is CN(C)c1ccc(-c2ccc(C(=O)N3CCOC[C@@H]3CO)cc2)cc1. The molecule has 0 aliphatic carbocycles. The predicted molar refractivity (Wildman–Crippen MR) is 98.9 cm³/mol. The summed E-state index contributed by atoms with van der Waals surface area (Å²) in [6.07, 6.45) is 0. The molecule has 0 saturated carbocycles. The first-order chi connectivity index (χ1) is 12.1. The zero-order valence-electron chi connectivity index (χ0n) is 14.7. The van der Waals surface area contributed by atoms with Crippen LogP contribution in [0.15, 0.2) is 48.5 Å². The van der Waals surface area contributed by atoms with Gasteiger partial charge in [0.1, 0.15) is 0 Å². The number of hydrogen-bond acceptors (Lipinski definition) is 4. The van der Waals surface area contributed by atoms with Gasteiger partial charge in [0.2, 0.25) is 0 Å². The van der Waals surface area contributed by atoms with E-state index in [-0.39, 0.29) is 18.6 Å². The molecule has 3 rings (SSSR count). The van der Waals surface area contributed by atoms with Gasteiger partial charge in [0.05, 0.1) is 25.9 Å². The largest absolute Gasteiger partial charge is 0.394 e. The van der Waals surface area contributed by atoms with Crippen LogP contribution in [0.5, 0.6) is 0 Å². The van der Waals surface area contributed by atoms with Crippen LogP contribution in [0, 0.1) is 0 Å². The van der Waals surface area contributed by atoms with Crippen molar-refractivity contribution in [3.05, 3.63) is 54.1 Å². The third-order valence-electron chi connectivity index (χ3n) is 4.55. The molecule has 1 atom stereocenters. The number of hydrogen-bond donors (Lipinski definition) is 1. The quantitative estimate of drug-likeness (QED) is 0.928. The van der Waals surface area contributed by atoms with Gasteiger partial charge in [0, 0.05) is 31.9 Å². The number of amides is 1. The standard InChI is InChI=1S/C20H24N2O3/c1-21(2)18-9-7-16(8-10-18)15-3-5-17(6-4-15)20(24)22-11-12-25-14-19(22)13-23/h3-10,19,23H,11-14H2,1-2H3/t19-/m0/s1. The molecule has 5 nitrogen and oxygen atoms in total. The second-order valence-electron chi connectivity index (χ2n) is 6.43. The van der Waals surface area contributed by atoms with Crippen molar-refractivity contribution in [2.24, 2.45) is 0 Å². The summed E-state index contributed by atoms with van der Waals surface area (Å²) >= 11 is 0. The zero-order chi connectivity index (χ0) is 17.8. The predicted octanol–water partition coefficient (Wildman–Crippen LogP) is 2.25. The molecule has 1 amide bonds. The van der Waals surface area contributed by atoms with E-state index in [9.17, 15) is 9.90 Å². The van der Waals surface area contributed by atoms with Crippen LogP contribution in [0.2, 0.25) is 0 Å². The van der Waals surface area contributed by atoms with E-state index in [2.05, 4.69) is 29.2 Å². The minimum Gasteiger partial charge on any atom is -0.394 e. The lowest BCUT2D eigenvalue weighted by Gasteiger charge is -2.34. The summed E-state index contributed by atoms with van der Waals surface area (Å²) in [7, 11) is 4.03. The maximum Gasteiger partial charge on any atom is 0.254 e. The third-order valence-corrected chi connectivity index (χ3v) is 4.55. The van der Waals surface area contributed by atoms with Crippen molar-refractivity contribution in [1.82, 2.24) is 4.90 Å². The first-order valence-electron chi connectivity index (χ1n) is 8.47. The first kappa shape index (κ1) is 17.5. The summed E-state index contributed by atoms with van der Waals surface area (Å²) < 4.78 is 5.34. The molecular formula is C20H24N2O3. The lowest BCUT2D eigenvalue weighted by molar-refractivity contribution is -0.0183. The van der Waals surface area contributed by atoms with Gasteiger partial charge in [-0.1, -0.05) is 24.3 Å². The lowest BCUT2D eigenvalue weighted by Crippen LogP contribution is -2.50. The van der Waals surface area contributed by atoms with Crippen LogP contribution in [-0.4, -0.2) is 62.4 Å². The van der Waals surface area contributed by atoms with Gasteiger partial charge in [-0.05, 0) is 35.4 Å². The smallest absolute Gasteiger partial charge is 0.254 e. The average Bonchev–Trinajstić information content (AvgIpc) is 2.67. The maximum absolute atomic E-state index is 12.7. The second kappa shape index (κ2) is 7.68. The Bertz CT molecular complexity index is 711. The van der Waals surface area contributed by atoms with Crippen molar-refractivity contribution in [3.63, 3.8) is 0 Å². The number of rotatable bonds is 4. The molecule has 0 bridgehead atoms. The highest BCUT2D eigenvalue weighted by molar-refractivity contribution is 5.95. The van der Waals surface area contributed by atoms with Gasteiger partial charge in [0.25, 0.3) is 5.91 Å². The minimum atomic E-state index is -0.264. The molecule has 1 heterocycles. The van der Waals surface area contributed by atoms with Gasteiger partial charge >= 0.3 is 0 Å². The first-order valence-corrected chi connectivity index (χ1v) is 8.47. The minimum absolute atomic E-state index is 0.0585. The summed E-state index contributed by atoms with van der Waals surface area (Å²) in [5.41, 5.74) is 3.97. The third kappa shape index (κ3) is 3.83. The highest BCUT2D eigenvalue weighted by Crippen LogP contribution is 2.23. The average molecular weight is 340 g/mol. The number of anilines is 1. The Morgan fingerprint density at radius 2 is 1.72 bits per heavy atom. The summed E-state index contributed by atoms with van der Waals surface area (Å²) in [5.74, 6) is -0.0585. The number of nitrogens with zero attached hydrogens (tertiary/aromatic N) is 2. The summed E-state index contributed by atoms with van der Waals surface area (Å²) in [6.45, 7) is 1.33. The van der Waals surface area contributed by atoms with Crippen LogP contribution < -0.4 is 4.90 Å². The Morgan fingerprint density at radius 1 is 1.12 bits per heavy atom. The van der Waals surface area contributed by atoms with Gasteiger partial charge < -0.3 is 19.6 Å². The lowest BCUT2D eigenvalue weighted by atomic mass is 10.0. The van der Waals surface area contributed by atoms with Gasteiger partial charge in [-0.25, -0.2) is 0 Å². The molecular weight excluding hydrogens is 316 g/mol. The highest BCUT2D eigenvalue weighted by Gasteiger charge is 2.27. The molecule has 2 aromatic carbocycles. The molecule has 0 aromatic heterocycles. The molecule has 1 saturated heterocycles. The molecule has 0 spiro atoms. The van der Waals surface area contributed by atoms with Crippen molar-refractivity contribution in [2.75, 3.05) is 45.4 Å². The van der Waals surface area contributed by atoms with E-state index >= 15 is 0 Å². The molecule has 1 aliphatic heterocycles. The van der Waals surface area contributed by atoms with E-state index < -0.39 is 0 Å². The second-order valence-corrected chi connectivity index (χ2v) is 6.43. The summed E-state index contributed by atoms with van der Waals surface area (Å²) in [4.78, 5) is 16.4. The van der Waals surface area contributed by atoms with Crippen molar-refractivity contribution >= 4 is 11.6 Å². The number of carbonyl (C=O) groups is 1. The van der Waals surface area contributed by atoms with Crippen LogP contribution in [0.25, 0.3) is 11.1 Å². The number of ether oxygens (including phenoxy) is 1. The molecule has 1 aliphatic rings. The van der Waals surface area contributed by atoms with Gasteiger partial charge in [-0.3, -0.25) is 4.79 Å². The van der Waals surface area contributed by atoms with Crippen LogP contribution in [0.3, 0.4) is 0 Å². The van der Waals surface area contributed by atoms with Crippen molar-refractivity contribution < 1.29 is 14.6 Å². The normalized spacial score (nSPS) is 17.4. The number of morpholine rings is 1.